The zero-order valence-corrected chi connectivity index (χ0v) is 13.4. The number of hydrogen-bond acceptors (Lipinski definition) is 2. The highest BCUT2D eigenvalue weighted by Crippen LogP contribution is 2.41. The summed E-state index contributed by atoms with van der Waals surface area (Å²) in [6.07, 6.45) is 15.8. The zero-order valence-electron chi connectivity index (χ0n) is 13.4. The molecule has 3 aliphatic rings. The molecule has 1 saturated heterocycles. The van der Waals surface area contributed by atoms with Gasteiger partial charge in [0.2, 0.25) is 0 Å². The van der Waals surface area contributed by atoms with E-state index in [1.54, 1.807) is 0 Å². The van der Waals surface area contributed by atoms with E-state index in [1.165, 1.54) is 83.7 Å². The van der Waals surface area contributed by atoms with E-state index in [0.29, 0.717) is 5.41 Å². The Kier molecular flexibility index (Phi) is 5.04. The van der Waals surface area contributed by atoms with Gasteiger partial charge in [-0.3, -0.25) is 0 Å². The van der Waals surface area contributed by atoms with Crippen molar-refractivity contribution in [3.8, 4) is 0 Å². The van der Waals surface area contributed by atoms with E-state index in [1.807, 2.05) is 0 Å². The Morgan fingerprint density at radius 3 is 2.55 bits per heavy atom. The van der Waals surface area contributed by atoms with Gasteiger partial charge in [0.05, 0.1) is 0 Å². The highest BCUT2D eigenvalue weighted by Gasteiger charge is 2.37. The Labute approximate surface area is 125 Å². The standard InChI is InChI=1S/C18H34N2/c1-2-18(11-4-5-12-18)14-20-17-10-7-8-15(17)16-9-3-6-13-19-16/h15-17,19-20H,2-14H2,1H3. The van der Waals surface area contributed by atoms with E-state index < -0.39 is 0 Å². The summed E-state index contributed by atoms with van der Waals surface area (Å²) in [5.74, 6) is 0.908. The molecule has 2 nitrogen and oxygen atoms in total. The SMILES string of the molecule is CCC1(CNC2CCCC2C2CCCCN2)CCCC1. The molecule has 0 aromatic heterocycles. The highest BCUT2D eigenvalue weighted by molar-refractivity contribution is 4.94. The summed E-state index contributed by atoms with van der Waals surface area (Å²) in [5.41, 5.74) is 0.646. The number of rotatable bonds is 5. The summed E-state index contributed by atoms with van der Waals surface area (Å²) in [6, 6.07) is 1.61. The Morgan fingerprint density at radius 2 is 1.85 bits per heavy atom. The van der Waals surface area contributed by atoms with Crippen LogP contribution in [0, 0.1) is 11.3 Å². The third-order valence-electron chi connectivity index (χ3n) is 6.59. The summed E-state index contributed by atoms with van der Waals surface area (Å²) in [6.45, 7) is 4.95. The summed E-state index contributed by atoms with van der Waals surface area (Å²) < 4.78 is 0. The zero-order chi connectivity index (χ0) is 13.8. The fraction of sp³-hybridized carbons (Fsp3) is 1.00. The van der Waals surface area contributed by atoms with Crippen LogP contribution in [0.4, 0.5) is 0 Å². The quantitative estimate of drug-likeness (QED) is 0.798. The van der Waals surface area contributed by atoms with Crippen LogP contribution < -0.4 is 10.6 Å². The lowest BCUT2D eigenvalue weighted by molar-refractivity contribution is 0.214. The Morgan fingerprint density at radius 1 is 1.00 bits per heavy atom. The summed E-state index contributed by atoms with van der Waals surface area (Å²) >= 11 is 0. The predicted octanol–water partition coefficient (Wildman–Crippen LogP) is 3.86. The van der Waals surface area contributed by atoms with Crippen LogP contribution in [0.25, 0.3) is 0 Å². The maximum Gasteiger partial charge on any atom is 0.0110 e. The van der Waals surface area contributed by atoms with Crippen molar-refractivity contribution in [1.29, 1.82) is 0 Å². The van der Waals surface area contributed by atoms with Gasteiger partial charge in [0, 0.05) is 18.6 Å². The topological polar surface area (TPSA) is 24.1 Å². The highest BCUT2D eigenvalue weighted by atomic mass is 15.0. The molecule has 116 valence electrons. The molecule has 1 aliphatic heterocycles. The van der Waals surface area contributed by atoms with Gasteiger partial charge < -0.3 is 10.6 Å². The van der Waals surface area contributed by atoms with Gasteiger partial charge in [-0.15, -0.1) is 0 Å². The van der Waals surface area contributed by atoms with Gasteiger partial charge in [-0.25, -0.2) is 0 Å². The minimum Gasteiger partial charge on any atom is -0.314 e. The first kappa shape index (κ1) is 14.8. The summed E-state index contributed by atoms with van der Waals surface area (Å²) in [4.78, 5) is 0. The largest absolute Gasteiger partial charge is 0.314 e. The van der Waals surface area contributed by atoms with Gasteiger partial charge in [0.1, 0.15) is 0 Å². The van der Waals surface area contributed by atoms with Crippen LogP contribution >= 0.6 is 0 Å². The van der Waals surface area contributed by atoms with Crippen LogP contribution in [-0.4, -0.2) is 25.2 Å². The Hall–Kier alpha value is -0.0800. The van der Waals surface area contributed by atoms with Crippen molar-refractivity contribution >= 4 is 0 Å². The molecule has 3 fully saturated rings. The van der Waals surface area contributed by atoms with Crippen molar-refractivity contribution in [2.45, 2.75) is 89.6 Å². The van der Waals surface area contributed by atoms with Crippen molar-refractivity contribution in [2.75, 3.05) is 13.1 Å². The summed E-state index contributed by atoms with van der Waals surface area (Å²) in [5, 5.41) is 7.83. The number of nitrogens with one attached hydrogen (secondary N) is 2. The fourth-order valence-electron chi connectivity index (χ4n) is 5.10. The van der Waals surface area contributed by atoms with Crippen LogP contribution in [0.3, 0.4) is 0 Å². The van der Waals surface area contributed by atoms with E-state index in [4.69, 9.17) is 0 Å². The smallest absolute Gasteiger partial charge is 0.0110 e. The molecular weight excluding hydrogens is 244 g/mol. The lowest BCUT2D eigenvalue weighted by atomic mass is 9.82. The van der Waals surface area contributed by atoms with Gasteiger partial charge in [-0.2, -0.15) is 0 Å². The van der Waals surface area contributed by atoms with E-state index in [9.17, 15) is 0 Å². The van der Waals surface area contributed by atoms with Crippen molar-refractivity contribution < 1.29 is 0 Å². The molecule has 0 spiro atoms. The molecule has 0 aromatic carbocycles. The average Bonchev–Trinajstić information content (AvgIpc) is 3.16. The fourth-order valence-corrected chi connectivity index (χ4v) is 5.10. The van der Waals surface area contributed by atoms with Crippen LogP contribution in [0.5, 0.6) is 0 Å². The van der Waals surface area contributed by atoms with Crippen molar-refractivity contribution in [2.24, 2.45) is 11.3 Å². The normalized spacial score (nSPS) is 37.4. The van der Waals surface area contributed by atoms with Gasteiger partial charge in [-0.05, 0) is 62.8 Å². The predicted molar refractivity (Wildman–Crippen MR) is 86.0 cm³/mol. The van der Waals surface area contributed by atoms with Crippen molar-refractivity contribution in [3.63, 3.8) is 0 Å². The summed E-state index contributed by atoms with van der Waals surface area (Å²) in [7, 11) is 0. The van der Waals surface area contributed by atoms with Crippen LogP contribution in [0.15, 0.2) is 0 Å². The molecule has 3 rings (SSSR count). The van der Waals surface area contributed by atoms with Crippen molar-refractivity contribution in [1.82, 2.24) is 10.6 Å². The van der Waals surface area contributed by atoms with E-state index >= 15 is 0 Å². The molecule has 3 unspecified atom stereocenters. The number of hydrogen-bond donors (Lipinski definition) is 2. The monoisotopic (exact) mass is 278 g/mol. The van der Waals surface area contributed by atoms with Gasteiger partial charge in [0.15, 0.2) is 0 Å². The molecule has 2 saturated carbocycles. The van der Waals surface area contributed by atoms with Crippen LogP contribution in [0.1, 0.15) is 77.6 Å². The third-order valence-corrected chi connectivity index (χ3v) is 6.59. The van der Waals surface area contributed by atoms with Crippen LogP contribution in [0.2, 0.25) is 0 Å². The maximum absolute atomic E-state index is 4.02. The van der Waals surface area contributed by atoms with Gasteiger partial charge in [0.25, 0.3) is 0 Å². The first-order chi connectivity index (χ1) is 9.83. The molecule has 2 aliphatic carbocycles. The number of piperidine rings is 1. The second-order valence-corrected chi connectivity index (χ2v) is 7.70. The molecule has 1 heterocycles. The molecule has 0 radical (unpaired) electrons. The van der Waals surface area contributed by atoms with Crippen molar-refractivity contribution in [3.05, 3.63) is 0 Å². The minimum atomic E-state index is 0.646. The average molecular weight is 278 g/mol. The molecule has 2 heteroatoms. The molecule has 0 aromatic rings. The molecular formula is C18H34N2. The molecule has 0 bridgehead atoms. The Balaban J connectivity index is 1.53. The van der Waals surface area contributed by atoms with Gasteiger partial charge >= 0.3 is 0 Å². The molecule has 0 amide bonds. The lowest BCUT2D eigenvalue weighted by Gasteiger charge is -2.36. The third kappa shape index (κ3) is 3.22. The van der Waals surface area contributed by atoms with E-state index in [2.05, 4.69) is 17.6 Å². The van der Waals surface area contributed by atoms with E-state index in [0.717, 1.165) is 18.0 Å². The van der Waals surface area contributed by atoms with E-state index in [-0.39, 0.29) is 0 Å². The first-order valence-electron chi connectivity index (χ1n) is 9.30. The van der Waals surface area contributed by atoms with Gasteiger partial charge in [-0.1, -0.05) is 32.6 Å². The first-order valence-corrected chi connectivity index (χ1v) is 9.30. The maximum atomic E-state index is 4.02. The Bertz CT molecular complexity index is 290. The molecule has 3 atom stereocenters. The van der Waals surface area contributed by atoms with Crippen LogP contribution in [-0.2, 0) is 0 Å². The minimum absolute atomic E-state index is 0.646. The molecule has 20 heavy (non-hydrogen) atoms. The second-order valence-electron chi connectivity index (χ2n) is 7.70. The molecule has 2 N–H and O–H groups in total. The second kappa shape index (κ2) is 6.79. The lowest BCUT2D eigenvalue weighted by Crippen LogP contribution is -2.48.